The predicted octanol–water partition coefficient (Wildman–Crippen LogP) is 2.79. The second-order valence-electron chi connectivity index (χ2n) is 8.42. The zero-order valence-electron chi connectivity index (χ0n) is 19.7. The lowest BCUT2D eigenvalue weighted by atomic mass is 10.1. The van der Waals surface area contributed by atoms with Crippen molar-refractivity contribution in [1.82, 2.24) is 19.7 Å². The number of hydrogen-bond acceptors (Lipinski definition) is 6. The molecule has 1 aliphatic rings. The normalized spacial score (nSPS) is 15.2. The number of aryl methyl sites for hydroxylation is 1. The van der Waals surface area contributed by atoms with Crippen molar-refractivity contribution in [1.29, 1.82) is 0 Å². The van der Waals surface area contributed by atoms with E-state index in [9.17, 15) is 4.79 Å². The molecular weight excluding hydrogens is 402 g/mol. The Kier molecular flexibility index (Phi) is 8.25. The zero-order valence-corrected chi connectivity index (χ0v) is 19.7. The monoisotopic (exact) mass is 437 g/mol. The number of piperazine rings is 1. The summed E-state index contributed by atoms with van der Waals surface area (Å²) in [6, 6.07) is 8.03. The molecule has 2 heterocycles. The Labute approximate surface area is 191 Å². The standard InChI is InChI=1S/C25H35N5O2/c1-5-32-24-19(2)7-6-8-21(24)17-29(4)23(31)10-9-20-15-22(25(26)27-16-20)18-30-13-11-28(3)12-14-30/h6-10,15-16H,5,11-14,17-18H2,1-4H3,(H2,26,27)/b10-9+. The van der Waals surface area contributed by atoms with E-state index in [0.717, 1.165) is 60.7 Å². The number of carbonyl (C=O) groups excluding carboxylic acids is 1. The number of hydrogen-bond donors (Lipinski definition) is 1. The molecule has 32 heavy (non-hydrogen) atoms. The van der Waals surface area contributed by atoms with Gasteiger partial charge < -0.3 is 20.3 Å². The third-order valence-corrected chi connectivity index (χ3v) is 5.80. The fraction of sp³-hybridized carbons (Fsp3) is 0.440. The van der Waals surface area contributed by atoms with E-state index in [-0.39, 0.29) is 5.91 Å². The topological polar surface area (TPSA) is 74.9 Å². The lowest BCUT2D eigenvalue weighted by Crippen LogP contribution is -2.44. The summed E-state index contributed by atoms with van der Waals surface area (Å²) in [5.74, 6) is 1.33. The summed E-state index contributed by atoms with van der Waals surface area (Å²) >= 11 is 0. The maximum atomic E-state index is 12.7. The molecule has 2 N–H and O–H groups in total. The van der Waals surface area contributed by atoms with E-state index in [2.05, 4.69) is 21.8 Å². The zero-order chi connectivity index (χ0) is 23.1. The van der Waals surface area contributed by atoms with Crippen LogP contribution in [0.25, 0.3) is 6.08 Å². The molecule has 0 radical (unpaired) electrons. The second kappa shape index (κ2) is 11.1. The molecule has 0 unspecified atom stereocenters. The first-order valence-electron chi connectivity index (χ1n) is 11.2. The molecule has 2 aromatic rings. The maximum absolute atomic E-state index is 12.7. The lowest BCUT2D eigenvalue weighted by Gasteiger charge is -2.32. The third kappa shape index (κ3) is 6.31. The molecule has 7 nitrogen and oxygen atoms in total. The van der Waals surface area contributed by atoms with Gasteiger partial charge in [0, 0.05) is 69.7 Å². The van der Waals surface area contributed by atoms with Crippen LogP contribution in [0.4, 0.5) is 5.82 Å². The number of nitrogens with zero attached hydrogens (tertiary/aromatic N) is 4. The van der Waals surface area contributed by atoms with Crippen LogP contribution < -0.4 is 10.5 Å². The number of pyridine rings is 1. The van der Waals surface area contributed by atoms with Crippen LogP contribution in [0, 0.1) is 6.92 Å². The number of benzene rings is 1. The van der Waals surface area contributed by atoms with Gasteiger partial charge in [0.25, 0.3) is 0 Å². The van der Waals surface area contributed by atoms with E-state index < -0.39 is 0 Å². The van der Waals surface area contributed by atoms with Gasteiger partial charge in [-0.25, -0.2) is 4.98 Å². The van der Waals surface area contributed by atoms with Crippen molar-refractivity contribution in [3.05, 3.63) is 58.8 Å². The molecule has 0 atom stereocenters. The molecule has 7 heteroatoms. The fourth-order valence-corrected chi connectivity index (χ4v) is 3.82. The van der Waals surface area contributed by atoms with Gasteiger partial charge in [-0.3, -0.25) is 9.69 Å². The van der Waals surface area contributed by atoms with E-state index in [1.165, 1.54) is 0 Å². The highest BCUT2D eigenvalue weighted by Gasteiger charge is 2.16. The van der Waals surface area contributed by atoms with Gasteiger partial charge in [0.2, 0.25) is 5.91 Å². The molecule has 1 aromatic carbocycles. The summed E-state index contributed by atoms with van der Waals surface area (Å²) in [6.07, 6.45) is 5.10. The molecule has 172 valence electrons. The quantitative estimate of drug-likeness (QED) is 0.640. The van der Waals surface area contributed by atoms with Crippen LogP contribution >= 0.6 is 0 Å². The molecule has 0 saturated carbocycles. The van der Waals surface area contributed by atoms with Gasteiger partial charge in [-0.1, -0.05) is 18.2 Å². The molecule has 0 spiro atoms. The van der Waals surface area contributed by atoms with Crippen molar-refractivity contribution in [2.75, 3.05) is 52.6 Å². The average molecular weight is 438 g/mol. The van der Waals surface area contributed by atoms with Crippen LogP contribution in [0.3, 0.4) is 0 Å². The van der Waals surface area contributed by atoms with E-state index >= 15 is 0 Å². The Morgan fingerprint density at radius 3 is 2.72 bits per heavy atom. The maximum Gasteiger partial charge on any atom is 0.246 e. The van der Waals surface area contributed by atoms with Gasteiger partial charge in [0.05, 0.1) is 6.61 Å². The van der Waals surface area contributed by atoms with Gasteiger partial charge in [0.15, 0.2) is 0 Å². The molecule has 1 fully saturated rings. The number of para-hydroxylation sites is 1. The van der Waals surface area contributed by atoms with Crippen LogP contribution in [0.1, 0.15) is 29.2 Å². The highest BCUT2D eigenvalue weighted by molar-refractivity contribution is 5.91. The summed E-state index contributed by atoms with van der Waals surface area (Å²) in [5.41, 5.74) is 10.1. The first kappa shape index (κ1) is 23.8. The minimum absolute atomic E-state index is 0.0774. The average Bonchev–Trinajstić information content (AvgIpc) is 2.78. The number of nitrogens with two attached hydrogens (primary N) is 1. The smallest absolute Gasteiger partial charge is 0.246 e. The largest absolute Gasteiger partial charge is 0.493 e. The van der Waals surface area contributed by atoms with Gasteiger partial charge in [-0.05, 0) is 44.2 Å². The number of amides is 1. The number of ether oxygens (including phenoxy) is 1. The van der Waals surface area contributed by atoms with Crippen LogP contribution in [0.2, 0.25) is 0 Å². The minimum Gasteiger partial charge on any atom is -0.493 e. The van der Waals surface area contributed by atoms with Crippen LogP contribution in [0.5, 0.6) is 5.75 Å². The lowest BCUT2D eigenvalue weighted by molar-refractivity contribution is -0.125. The van der Waals surface area contributed by atoms with E-state index in [1.807, 2.05) is 38.1 Å². The Bertz CT molecular complexity index is 951. The van der Waals surface area contributed by atoms with Crippen molar-refractivity contribution in [3.8, 4) is 5.75 Å². The third-order valence-electron chi connectivity index (χ3n) is 5.80. The van der Waals surface area contributed by atoms with Crippen molar-refractivity contribution in [2.24, 2.45) is 0 Å². The van der Waals surface area contributed by atoms with Gasteiger partial charge in [-0.2, -0.15) is 0 Å². The molecule has 0 aliphatic carbocycles. The number of aromatic nitrogens is 1. The van der Waals surface area contributed by atoms with Crippen molar-refractivity contribution < 1.29 is 9.53 Å². The van der Waals surface area contributed by atoms with Crippen LogP contribution in [-0.2, 0) is 17.9 Å². The SMILES string of the molecule is CCOc1c(C)cccc1CN(C)C(=O)/C=C/c1cnc(N)c(CN2CCN(C)CC2)c1. The predicted molar refractivity (Wildman–Crippen MR) is 129 cm³/mol. The molecule has 3 rings (SSSR count). The summed E-state index contributed by atoms with van der Waals surface area (Å²) in [6.45, 7) is 9.97. The number of carbonyl (C=O) groups is 1. The number of nitrogen functional groups attached to an aromatic ring is 1. The number of rotatable bonds is 8. The Morgan fingerprint density at radius 2 is 2.00 bits per heavy atom. The molecule has 1 aliphatic heterocycles. The molecule has 1 amide bonds. The van der Waals surface area contributed by atoms with Crippen LogP contribution in [0.15, 0.2) is 36.5 Å². The van der Waals surface area contributed by atoms with Crippen molar-refractivity contribution in [3.63, 3.8) is 0 Å². The minimum atomic E-state index is -0.0774. The number of likely N-dealkylation sites (N-methyl/N-ethyl adjacent to an activating group) is 2. The molecule has 0 bridgehead atoms. The first-order chi connectivity index (χ1) is 15.4. The Balaban J connectivity index is 1.64. The summed E-state index contributed by atoms with van der Waals surface area (Å²) < 4.78 is 5.79. The summed E-state index contributed by atoms with van der Waals surface area (Å²) in [4.78, 5) is 23.5. The summed E-state index contributed by atoms with van der Waals surface area (Å²) in [7, 11) is 3.94. The van der Waals surface area contributed by atoms with E-state index in [0.29, 0.717) is 19.0 Å². The highest BCUT2D eigenvalue weighted by atomic mass is 16.5. The molecule has 1 saturated heterocycles. The molecule has 1 aromatic heterocycles. The first-order valence-corrected chi connectivity index (χ1v) is 11.2. The number of anilines is 1. The van der Waals surface area contributed by atoms with Gasteiger partial charge in [0.1, 0.15) is 11.6 Å². The molecular formula is C25H35N5O2. The van der Waals surface area contributed by atoms with E-state index in [1.54, 1.807) is 30.3 Å². The summed E-state index contributed by atoms with van der Waals surface area (Å²) in [5, 5.41) is 0. The Hall–Kier alpha value is -2.90. The van der Waals surface area contributed by atoms with Gasteiger partial charge in [-0.15, -0.1) is 0 Å². The van der Waals surface area contributed by atoms with Crippen LogP contribution in [-0.4, -0.2) is 72.5 Å². The fourth-order valence-electron chi connectivity index (χ4n) is 3.82. The van der Waals surface area contributed by atoms with Gasteiger partial charge >= 0.3 is 0 Å². The Morgan fingerprint density at radius 1 is 1.25 bits per heavy atom. The second-order valence-corrected chi connectivity index (χ2v) is 8.42. The highest BCUT2D eigenvalue weighted by Crippen LogP contribution is 2.24. The van der Waals surface area contributed by atoms with Crippen molar-refractivity contribution in [2.45, 2.75) is 26.9 Å². The van der Waals surface area contributed by atoms with E-state index in [4.69, 9.17) is 10.5 Å². The van der Waals surface area contributed by atoms with Crippen molar-refractivity contribution >= 4 is 17.8 Å².